The predicted octanol–water partition coefficient (Wildman–Crippen LogP) is 4.81. The van der Waals surface area contributed by atoms with Crippen LogP contribution in [-0.4, -0.2) is 16.7 Å². The number of ketones is 1. The van der Waals surface area contributed by atoms with Crippen LogP contribution in [0.4, 0.5) is 10.2 Å². The summed E-state index contributed by atoms with van der Waals surface area (Å²) in [6.07, 6.45) is 3.93. The minimum absolute atomic E-state index is 0.114. The van der Waals surface area contributed by atoms with Crippen LogP contribution < -0.4 is 10.6 Å². The number of pyridine rings is 1. The Morgan fingerprint density at radius 1 is 1.12 bits per heavy atom. The summed E-state index contributed by atoms with van der Waals surface area (Å²) in [6, 6.07) is 15.1. The summed E-state index contributed by atoms with van der Waals surface area (Å²) in [5, 5.41) is 6.05. The molecule has 2 aliphatic rings. The molecular formula is C26H22FN3O3. The van der Waals surface area contributed by atoms with E-state index in [0.717, 1.165) is 5.76 Å². The molecule has 0 fully saturated rings. The number of hydrogen-bond acceptors (Lipinski definition) is 5. The molecule has 3 aromatic rings. The number of dihydropyridines is 1. The number of hydrogen-bond donors (Lipinski definition) is 2. The number of allylic oxidation sites excluding steroid dienone is 3. The lowest BCUT2D eigenvalue weighted by Gasteiger charge is -2.36. The average molecular weight is 443 g/mol. The van der Waals surface area contributed by atoms with Gasteiger partial charge in [0.1, 0.15) is 17.4 Å². The maximum atomic E-state index is 15.0. The van der Waals surface area contributed by atoms with Crippen molar-refractivity contribution in [1.29, 1.82) is 0 Å². The Morgan fingerprint density at radius 3 is 2.67 bits per heavy atom. The predicted molar refractivity (Wildman–Crippen MR) is 121 cm³/mol. The van der Waals surface area contributed by atoms with Gasteiger partial charge >= 0.3 is 0 Å². The van der Waals surface area contributed by atoms with Gasteiger partial charge in [-0.15, -0.1) is 0 Å². The Bertz CT molecular complexity index is 1280. The molecule has 2 atom stereocenters. The van der Waals surface area contributed by atoms with E-state index < -0.39 is 17.6 Å². The van der Waals surface area contributed by atoms with Gasteiger partial charge < -0.3 is 15.1 Å². The van der Waals surface area contributed by atoms with Gasteiger partial charge in [-0.05, 0) is 43.7 Å². The fraction of sp³-hybridized carbons (Fsp3) is 0.192. The highest BCUT2D eigenvalue weighted by Gasteiger charge is 2.42. The smallest absolute Gasteiger partial charge is 0.255 e. The molecule has 7 heteroatoms. The van der Waals surface area contributed by atoms with E-state index in [9.17, 15) is 9.59 Å². The molecule has 166 valence electrons. The summed E-state index contributed by atoms with van der Waals surface area (Å²) >= 11 is 0. The normalized spacial score (nSPS) is 20.4. The van der Waals surface area contributed by atoms with E-state index in [4.69, 9.17) is 4.42 Å². The highest BCUT2D eigenvalue weighted by atomic mass is 19.1. The van der Waals surface area contributed by atoms with Crippen molar-refractivity contribution in [2.75, 3.05) is 5.32 Å². The summed E-state index contributed by atoms with van der Waals surface area (Å²) in [5.74, 6) is -0.850. The molecule has 2 aromatic heterocycles. The van der Waals surface area contributed by atoms with Crippen LogP contribution in [0.15, 0.2) is 94.0 Å². The van der Waals surface area contributed by atoms with Crippen LogP contribution in [-0.2, 0) is 9.59 Å². The fourth-order valence-electron chi connectivity index (χ4n) is 4.71. The molecule has 0 radical (unpaired) electrons. The zero-order valence-electron chi connectivity index (χ0n) is 18.0. The first-order chi connectivity index (χ1) is 16.0. The number of amides is 1. The third-order valence-corrected chi connectivity index (χ3v) is 6.14. The first kappa shape index (κ1) is 20.9. The standard InChI is InChI=1S/C26H22FN3O3/c1-15-23(26(32)30-22-10-4-5-11-28-22)24(17-7-2-3-8-18(17)27)25-19(29-15)13-16(14-20(25)31)21-9-6-12-33-21/h2-12,16,24,29H,13-14H2,1H3,(H,28,30,32)/t16-,24-/m1/s1. The Morgan fingerprint density at radius 2 is 1.94 bits per heavy atom. The van der Waals surface area contributed by atoms with Crippen molar-refractivity contribution in [3.8, 4) is 0 Å². The maximum absolute atomic E-state index is 15.0. The number of furan rings is 1. The fourth-order valence-corrected chi connectivity index (χ4v) is 4.71. The van der Waals surface area contributed by atoms with Gasteiger partial charge in [0.05, 0.1) is 6.26 Å². The molecule has 0 unspecified atom stereocenters. The zero-order valence-corrected chi connectivity index (χ0v) is 18.0. The van der Waals surface area contributed by atoms with Crippen LogP contribution in [0.3, 0.4) is 0 Å². The number of nitrogens with one attached hydrogen (secondary N) is 2. The number of nitrogens with zero attached hydrogens (tertiary/aromatic N) is 1. The van der Waals surface area contributed by atoms with Crippen LogP contribution in [0.5, 0.6) is 0 Å². The van der Waals surface area contributed by atoms with Crippen molar-refractivity contribution in [2.24, 2.45) is 0 Å². The molecule has 6 nitrogen and oxygen atoms in total. The van der Waals surface area contributed by atoms with E-state index >= 15 is 4.39 Å². The SMILES string of the molecule is CC1=C(C(=O)Nc2ccccn2)[C@@H](c2ccccc2F)C2=C(C[C@@H](c3ccco3)CC2=O)N1. The van der Waals surface area contributed by atoms with Crippen LogP contribution in [0.25, 0.3) is 0 Å². The second kappa shape index (κ2) is 8.50. The van der Waals surface area contributed by atoms with Crippen molar-refractivity contribution in [1.82, 2.24) is 10.3 Å². The second-order valence-corrected chi connectivity index (χ2v) is 8.22. The monoisotopic (exact) mass is 443 g/mol. The van der Waals surface area contributed by atoms with Crippen molar-refractivity contribution in [3.63, 3.8) is 0 Å². The third-order valence-electron chi connectivity index (χ3n) is 6.14. The van der Waals surface area contributed by atoms with E-state index in [1.807, 2.05) is 6.07 Å². The lowest BCUT2D eigenvalue weighted by Crippen LogP contribution is -2.37. The summed E-state index contributed by atoms with van der Waals surface area (Å²) in [6.45, 7) is 1.77. The lowest BCUT2D eigenvalue weighted by atomic mass is 9.72. The molecule has 33 heavy (non-hydrogen) atoms. The number of carbonyl (C=O) groups is 2. The molecule has 5 rings (SSSR count). The second-order valence-electron chi connectivity index (χ2n) is 8.22. The van der Waals surface area contributed by atoms with Gasteiger partial charge in [-0.2, -0.15) is 0 Å². The summed E-state index contributed by atoms with van der Waals surface area (Å²) in [7, 11) is 0. The lowest BCUT2D eigenvalue weighted by molar-refractivity contribution is -0.116. The molecule has 0 saturated heterocycles. The van der Waals surface area contributed by atoms with Gasteiger partial charge in [-0.1, -0.05) is 24.3 Å². The van der Waals surface area contributed by atoms with E-state index in [1.165, 1.54) is 6.07 Å². The van der Waals surface area contributed by atoms with Gasteiger partial charge in [-0.3, -0.25) is 9.59 Å². The quantitative estimate of drug-likeness (QED) is 0.604. The summed E-state index contributed by atoms with van der Waals surface area (Å²) in [4.78, 5) is 31.0. The average Bonchev–Trinajstić information content (AvgIpc) is 3.34. The molecule has 3 heterocycles. The van der Waals surface area contributed by atoms with Crippen molar-refractivity contribution in [3.05, 3.63) is 107 Å². The van der Waals surface area contributed by atoms with E-state index in [2.05, 4.69) is 15.6 Å². The highest BCUT2D eigenvalue weighted by molar-refractivity contribution is 6.09. The molecular weight excluding hydrogens is 421 g/mol. The minimum atomic E-state index is -0.823. The minimum Gasteiger partial charge on any atom is -0.469 e. The van der Waals surface area contributed by atoms with Gasteiger partial charge in [0.15, 0.2) is 5.78 Å². The van der Waals surface area contributed by atoms with Crippen molar-refractivity contribution < 1.29 is 18.4 Å². The number of anilines is 1. The number of rotatable bonds is 4. The molecule has 1 amide bonds. The third kappa shape index (κ3) is 3.86. The van der Waals surface area contributed by atoms with Gasteiger partial charge in [-0.25, -0.2) is 9.37 Å². The van der Waals surface area contributed by atoms with Crippen LogP contribution in [0.1, 0.15) is 42.9 Å². The van der Waals surface area contributed by atoms with Crippen LogP contribution in [0.2, 0.25) is 0 Å². The van der Waals surface area contributed by atoms with Crippen LogP contribution in [0, 0.1) is 5.82 Å². The number of benzene rings is 1. The largest absolute Gasteiger partial charge is 0.469 e. The first-order valence-electron chi connectivity index (χ1n) is 10.8. The zero-order chi connectivity index (χ0) is 22.9. The molecule has 0 bridgehead atoms. The molecule has 2 N–H and O–H groups in total. The van der Waals surface area contributed by atoms with Gasteiger partial charge in [0.2, 0.25) is 0 Å². The Kier molecular flexibility index (Phi) is 5.38. The highest BCUT2D eigenvalue weighted by Crippen LogP contribution is 2.46. The molecule has 1 aromatic carbocycles. The Labute approximate surface area is 190 Å². The summed E-state index contributed by atoms with van der Waals surface area (Å²) in [5.41, 5.74) is 2.30. The molecule has 1 aliphatic heterocycles. The molecule has 0 saturated carbocycles. The summed E-state index contributed by atoms with van der Waals surface area (Å²) < 4.78 is 20.6. The Balaban J connectivity index is 1.59. The van der Waals surface area contributed by atoms with Crippen LogP contribution >= 0.6 is 0 Å². The van der Waals surface area contributed by atoms with E-state index in [-0.39, 0.29) is 18.1 Å². The number of carbonyl (C=O) groups excluding carboxylic acids is 2. The molecule has 0 spiro atoms. The van der Waals surface area contributed by atoms with Crippen molar-refractivity contribution in [2.45, 2.75) is 31.6 Å². The first-order valence-corrected chi connectivity index (χ1v) is 10.8. The van der Waals surface area contributed by atoms with E-state index in [0.29, 0.717) is 40.3 Å². The van der Waals surface area contributed by atoms with Gasteiger partial charge in [0.25, 0.3) is 5.91 Å². The number of aromatic nitrogens is 1. The Hall–Kier alpha value is -4.00. The van der Waals surface area contributed by atoms with E-state index in [1.54, 1.807) is 61.8 Å². The van der Waals surface area contributed by atoms with Crippen molar-refractivity contribution >= 4 is 17.5 Å². The maximum Gasteiger partial charge on any atom is 0.255 e. The number of halogens is 1. The number of Topliss-reactive ketones (excluding diaryl/α,β-unsaturated/α-hetero) is 1. The topological polar surface area (TPSA) is 84.2 Å². The van der Waals surface area contributed by atoms with Gasteiger partial charge in [0, 0.05) is 52.6 Å². The molecule has 1 aliphatic carbocycles.